The van der Waals surface area contributed by atoms with E-state index >= 15 is 0 Å². The molecule has 6 rings (SSSR count). The van der Waals surface area contributed by atoms with Gasteiger partial charge in [0, 0.05) is 44.5 Å². The second kappa shape index (κ2) is 19.1. The van der Waals surface area contributed by atoms with Crippen molar-refractivity contribution in [3.63, 3.8) is 0 Å². The predicted octanol–water partition coefficient (Wildman–Crippen LogP) is 21.5. The minimum Gasteiger partial charge on any atom is -0.289 e. The van der Waals surface area contributed by atoms with E-state index in [1.807, 2.05) is 0 Å². The normalized spacial score (nSPS) is 13.6. The van der Waals surface area contributed by atoms with Crippen LogP contribution in [0.1, 0.15) is 222 Å². The number of benzene rings is 6. The van der Waals surface area contributed by atoms with E-state index in [1.165, 1.54) is 0 Å². The van der Waals surface area contributed by atoms with Crippen molar-refractivity contribution >= 4 is 12.2 Å². The summed E-state index contributed by atoms with van der Waals surface area (Å²) >= 11 is 0. The van der Waals surface area contributed by atoms with Crippen LogP contribution in [0.5, 0.6) is 23.0 Å². The molecule has 6 aromatic rings. The molecule has 0 fully saturated rings. The van der Waals surface area contributed by atoms with E-state index in [1.54, 1.807) is 0 Å². The summed E-state index contributed by atoms with van der Waals surface area (Å²) in [6, 6.07) is 29.8. The Morgan fingerprint density at radius 2 is 0.473 bits per heavy atom. The lowest BCUT2D eigenvalue weighted by Gasteiger charge is -2.28. The van der Waals surface area contributed by atoms with Gasteiger partial charge in [0.25, 0.3) is 0 Å². The van der Waals surface area contributed by atoms with Gasteiger partial charge in [0.2, 0.25) is 0 Å². The van der Waals surface area contributed by atoms with Crippen LogP contribution < -0.4 is 0 Å². The Morgan fingerprint density at radius 3 is 0.730 bits per heavy atom. The summed E-state index contributed by atoms with van der Waals surface area (Å²) in [5.41, 5.74) is 12.7. The fourth-order valence-electron chi connectivity index (χ4n) is 10.0. The van der Waals surface area contributed by atoms with Crippen molar-refractivity contribution < 1.29 is 20.4 Å². The molecular formula is C70H88O4. The van der Waals surface area contributed by atoms with Gasteiger partial charge in [-0.15, -0.1) is 0 Å². The van der Waals surface area contributed by atoms with E-state index in [9.17, 15) is 20.4 Å². The van der Waals surface area contributed by atoms with Crippen LogP contribution in [0.4, 0.5) is 0 Å². The zero-order valence-electron chi connectivity index (χ0n) is 49.9. The molecule has 6 aromatic carbocycles. The number of rotatable bonds is 6. The van der Waals surface area contributed by atoms with Gasteiger partial charge in [-0.25, -0.2) is 0 Å². The molecule has 0 aliphatic rings. The second-order valence-electron chi connectivity index (χ2n) is 29.6. The van der Waals surface area contributed by atoms with Crippen LogP contribution in [0.3, 0.4) is 0 Å². The van der Waals surface area contributed by atoms with Crippen molar-refractivity contribution in [2.24, 2.45) is 0 Å². The maximum absolute atomic E-state index is 14.4. The topological polar surface area (TPSA) is 79.6 Å². The molecule has 0 atom stereocenters. The Hall–Kier alpha value is -5.74. The molecule has 0 aliphatic carbocycles. The van der Waals surface area contributed by atoms with Crippen LogP contribution in [0, 0.1) is 0 Å². The van der Waals surface area contributed by atoms with Crippen LogP contribution in [-0.4, -0.2) is 0 Å². The average Bonchev–Trinajstić information content (AvgIpc) is 3.22. The first-order valence-electron chi connectivity index (χ1n) is 26.8. The molecule has 4 heteroatoms. The van der Waals surface area contributed by atoms with Gasteiger partial charge in [-0.05, 0) is 172 Å². The fraction of sp³-hybridized carbons (Fsp3) is 0.457. The molecule has 0 saturated heterocycles. The summed E-state index contributed by atoms with van der Waals surface area (Å²) in [6.45, 7) is 50.5. The number of hydrogen-bond donors (Lipinski definition) is 0. The summed E-state index contributed by atoms with van der Waals surface area (Å²) in [5.74, 6) is 0.330. The Balaban J connectivity index is 1.73. The molecule has 0 spiro atoms. The molecule has 0 unspecified atom stereocenters. The highest BCUT2D eigenvalue weighted by atomic mass is 16.3. The van der Waals surface area contributed by atoms with Crippen molar-refractivity contribution in [1.29, 1.82) is 0 Å². The molecule has 392 valence electrons. The average molecular weight is 993 g/mol. The van der Waals surface area contributed by atoms with Crippen LogP contribution in [0.25, 0.3) is 56.7 Å². The smallest absolute Gasteiger partial charge is 0.186 e. The van der Waals surface area contributed by atoms with E-state index in [0.29, 0.717) is 0 Å². The first-order valence-corrected chi connectivity index (χ1v) is 26.8. The van der Waals surface area contributed by atoms with Crippen molar-refractivity contribution in [2.75, 3.05) is 0 Å². The third-order valence-corrected chi connectivity index (χ3v) is 14.6. The molecule has 4 nitrogen and oxygen atoms in total. The standard InChI is InChI=1S/C70H88O4/c1-63(2,3)51-33-46(34-52(59(51)71)64(4,5)6)43-28-27-42(50(32-43)49-39-57(69(19,20)21)62(74)58(40-49)70(22,23)24)26-25-41-29-44(47-35-53(65(7,8)9)60(72)54(36-47)66(10,11)12)31-45(30-41)48-37-55(67(13,14)15)61(73)56(38-48)68(16,17)18/h25-40H,1-24H3/b26-25+. The maximum Gasteiger partial charge on any atom is 0.186 e. The minimum absolute atomic E-state index is 0.0745. The largest absolute Gasteiger partial charge is 0.289 e. The molecule has 0 bridgehead atoms. The summed E-state index contributed by atoms with van der Waals surface area (Å²) in [6.07, 6.45) is 4.34. The van der Waals surface area contributed by atoms with E-state index in [0.717, 1.165) is 100 Å². The van der Waals surface area contributed by atoms with Crippen molar-refractivity contribution in [1.82, 2.24) is 0 Å². The minimum atomic E-state index is -0.418. The SMILES string of the molecule is CC(C)(C)c1cc(-c2cc(/C=C/c3ccc(-c4cc(C(C)(C)C)c([O])c(C(C)(C)C)c4)cc3-c3cc(C(C)(C)C)c([O])c(C(C)(C)C)c3)cc(-c3cc(C(C)(C)C)c([O])c(C(C)(C)C)c3)c2)cc(C(C)(C)C)c1[O]. The Morgan fingerprint density at radius 1 is 0.243 bits per heavy atom. The van der Waals surface area contributed by atoms with Crippen molar-refractivity contribution in [3.8, 4) is 67.5 Å². The summed E-state index contributed by atoms with van der Waals surface area (Å²) < 4.78 is 0. The second-order valence-corrected chi connectivity index (χ2v) is 29.6. The van der Waals surface area contributed by atoms with Gasteiger partial charge in [0.15, 0.2) is 23.0 Å². The van der Waals surface area contributed by atoms with E-state index in [4.69, 9.17) is 0 Å². The lowest BCUT2D eigenvalue weighted by molar-refractivity contribution is 0.326. The van der Waals surface area contributed by atoms with Gasteiger partial charge in [0.1, 0.15) is 0 Å². The molecule has 0 N–H and O–H groups in total. The van der Waals surface area contributed by atoms with Crippen molar-refractivity contribution in [3.05, 3.63) is 141 Å². The zero-order chi connectivity index (χ0) is 56.0. The van der Waals surface area contributed by atoms with E-state index < -0.39 is 32.5 Å². The molecule has 0 aliphatic heterocycles. The van der Waals surface area contributed by atoms with Gasteiger partial charge in [-0.3, -0.25) is 20.4 Å². The quantitative estimate of drug-likeness (QED) is 0.149. The van der Waals surface area contributed by atoms with E-state index in [-0.39, 0.29) is 33.8 Å². The monoisotopic (exact) mass is 993 g/mol. The fourth-order valence-corrected chi connectivity index (χ4v) is 10.0. The molecule has 74 heavy (non-hydrogen) atoms. The summed E-state index contributed by atoms with van der Waals surface area (Å²) in [5, 5.41) is 57.0. The highest BCUT2D eigenvalue weighted by molar-refractivity contribution is 5.88. The van der Waals surface area contributed by atoms with Gasteiger partial charge in [-0.2, -0.15) is 0 Å². The molecular weight excluding hydrogens is 905 g/mol. The lowest BCUT2D eigenvalue weighted by Crippen LogP contribution is -2.17. The van der Waals surface area contributed by atoms with E-state index in [2.05, 4.69) is 263 Å². The van der Waals surface area contributed by atoms with Crippen LogP contribution in [0.15, 0.2) is 84.9 Å². The lowest BCUT2D eigenvalue weighted by atomic mass is 9.76. The molecule has 0 amide bonds. The summed E-state index contributed by atoms with van der Waals surface area (Å²) in [7, 11) is 0. The van der Waals surface area contributed by atoms with Crippen LogP contribution in [-0.2, 0) is 63.7 Å². The third-order valence-electron chi connectivity index (χ3n) is 14.6. The molecule has 4 radical (unpaired) electrons. The first-order chi connectivity index (χ1) is 33.4. The molecule has 0 aromatic heterocycles. The van der Waals surface area contributed by atoms with Crippen molar-refractivity contribution in [2.45, 2.75) is 209 Å². The van der Waals surface area contributed by atoms with Gasteiger partial charge in [0.05, 0.1) is 0 Å². The van der Waals surface area contributed by atoms with Gasteiger partial charge >= 0.3 is 0 Å². The third kappa shape index (κ3) is 12.2. The Labute approximate surface area is 448 Å². The first kappa shape index (κ1) is 57.5. The highest BCUT2D eigenvalue weighted by Crippen LogP contribution is 2.49. The Kier molecular flexibility index (Phi) is 14.9. The highest BCUT2D eigenvalue weighted by Gasteiger charge is 2.33. The predicted molar refractivity (Wildman–Crippen MR) is 314 cm³/mol. The van der Waals surface area contributed by atoms with Crippen LogP contribution in [0.2, 0.25) is 0 Å². The zero-order valence-corrected chi connectivity index (χ0v) is 49.9. The maximum atomic E-state index is 14.4. The summed E-state index contributed by atoms with van der Waals surface area (Å²) in [4.78, 5) is 0. The number of hydrogen-bond acceptors (Lipinski definition) is 0. The van der Waals surface area contributed by atoms with Crippen LogP contribution >= 0.6 is 0 Å². The Bertz CT molecular complexity index is 2890. The molecule has 0 saturated carbocycles. The van der Waals surface area contributed by atoms with Gasteiger partial charge in [-0.1, -0.05) is 190 Å². The molecule has 0 heterocycles. The van der Waals surface area contributed by atoms with Gasteiger partial charge < -0.3 is 0 Å².